The third-order valence-corrected chi connectivity index (χ3v) is 7.90. The number of fused-ring (bicyclic) bond motifs is 2. The Morgan fingerprint density at radius 1 is 1.11 bits per heavy atom. The Morgan fingerprint density at radius 2 is 1.86 bits per heavy atom. The van der Waals surface area contributed by atoms with E-state index in [0.717, 1.165) is 25.2 Å². The van der Waals surface area contributed by atoms with Crippen LogP contribution in [0, 0.1) is 0 Å². The Labute approximate surface area is 209 Å². The van der Waals surface area contributed by atoms with E-state index in [0.29, 0.717) is 36.1 Å². The predicted octanol–water partition coefficient (Wildman–Crippen LogP) is 3.50. The number of carboxylic acids is 2. The maximum atomic E-state index is 9.55. The van der Waals surface area contributed by atoms with Gasteiger partial charge in [0, 0.05) is 53.7 Å². The highest BCUT2D eigenvalue weighted by molar-refractivity contribution is 5.89. The number of carbonyl (C=O) groups is 2. The number of tetrazole rings is 1. The SMILES string of the molecule is CN1C[C@H](c2nnnn2C2CCCCC2)C[C@@H]2c3cccc4[nH]cc(c34)C[C@H]21.O=C(O)/C=C\C(=O)O. The van der Waals surface area contributed by atoms with E-state index >= 15 is 0 Å². The van der Waals surface area contributed by atoms with Crippen molar-refractivity contribution >= 4 is 22.8 Å². The molecule has 2 aromatic heterocycles. The summed E-state index contributed by atoms with van der Waals surface area (Å²) >= 11 is 0. The number of nitrogens with zero attached hydrogens (tertiary/aromatic N) is 5. The lowest BCUT2D eigenvalue weighted by Gasteiger charge is -2.45. The second kappa shape index (κ2) is 10.2. The highest BCUT2D eigenvalue weighted by atomic mass is 16.4. The molecule has 0 amide bonds. The van der Waals surface area contributed by atoms with E-state index < -0.39 is 11.9 Å². The standard InChI is InChI=1S/C22H28N6.C4H4O4/c1-27-13-15(22-24-25-26-28(22)16-6-3-2-4-7-16)10-18-17-8-5-9-19-21(17)14(12-23-19)11-20(18)27;5-3(6)1-2-4(7)8/h5,8-9,12,15-16,18,20,23H,2-4,6-7,10-11,13H2,1H3;1-2H,(H,5,6)(H,7,8)/b;2-1-/t15-,18-,20-;/m1./s1. The zero-order valence-electron chi connectivity index (χ0n) is 20.4. The number of carboxylic acid groups (broad SMARTS) is 2. The van der Waals surface area contributed by atoms with Crippen LogP contribution in [-0.4, -0.2) is 71.9 Å². The Morgan fingerprint density at radius 3 is 2.58 bits per heavy atom. The van der Waals surface area contributed by atoms with Crippen molar-refractivity contribution in [2.24, 2.45) is 0 Å². The number of likely N-dealkylation sites (tertiary alicyclic amines) is 1. The molecule has 1 aromatic carbocycles. The molecular formula is C26H32N6O4. The molecule has 3 N–H and O–H groups in total. The van der Waals surface area contributed by atoms with Crippen molar-refractivity contribution in [2.45, 2.75) is 68.9 Å². The minimum absolute atomic E-state index is 0.402. The number of H-pyrrole nitrogens is 1. The number of aromatic nitrogens is 5. The fourth-order valence-corrected chi connectivity index (χ4v) is 6.33. The summed E-state index contributed by atoms with van der Waals surface area (Å²) in [6, 6.07) is 7.82. The van der Waals surface area contributed by atoms with Gasteiger partial charge in [0.25, 0.3) is 0 Å². The van der Waals surface area contributed by atoms with Gasteiger partial charge >= 0.3 is 11.9 Å². The van der Waals surface area contributed by atoms with Crippen LogP contribution < -0.4 is 0 Å². The van der Waals surface area contributed by atoms with Crippen molar-refractivity contribution in [3.8, 4) is 0 Å². The van der Waals surface area contributed by atoms with Crippen LogP contribution in [0.3, 0.4) is 0 Å². The molecule has 3 aliphatic rings. The van der Waals surface area contributed by atoms with Gasteiger partial charge in [-0.05, 0) is 60.4 Å². The van der Waals surface area contributed by atoms with Gasteiger partial charge in [-0.25, -0.2) is 14.3 Å². The van der Waals surface area contributed by atoms with Crippen molar-refractivity contribution in [1.82, 2.24) is 30.1 Å². The van der Waals surface area contributed by atoms with Crippen LogP contribution in [0.2, 0.25) is 0 Å². The lowest BCUT2D eigenvalue weighted by atomic mass is 9.72. The molecular weight excluding hydrogens is 460 g/mol. The Bertz CT molecular complexity index is 1260. The number of aliphatic carboxylic acids is 2. The van der Waals surface area contributed by atoms with E-state index in [1.165, 1.54) is 54.1 Å². The summed E-state index contributed by atoms with van der Waals surface area (Å²) in [4.78, 5) is 25.2. The molecule has 10 heteroatoms. The Kier molecular flexibility index (Phi) is 6.86. The van der Waals surface area contributed by atoms with Gasteiger partial charge in [-0.2, -0.15) is 0 Å². The molecule has 10 nitrogen and oxygen atoms in total. The van der Waals surface area contributed by atoms with Gasteiger partial charge in [0.2, 0.25) is 0 Å². The largest absolute Gasteiger partial charge is 0.478 e. The molecule has 1 aliphatic heterocycles. The molecule has 3 atom stereocenters. The zero-order valence-corrected chi connectivity index (χ0v) is 20.4. The van der Waals surface area contributed by atoms with Crippen LogP contribution in [0.4, 0.5) is 0 Å². The predicted molar refractivity (Wildman–Crippen MR) is 133 cm³/mol. The second-order valence-electron chi connectivity index (χ2n) is 10.1. The van der Waals surface area contributed by atoms with Crippen LogP contribution in [0.5, 0.6) is 0 Å². The lowest BCUT2D eigenvalue weighted by Crippen LogP contribution is -2.47. The fraction of sp³-hybridized carbons (Fsp3) is 0.500. The third kappa shape index (κ3) is 4.77. The number of hydrogen-bond donors (Lipinski definition) is 3. The van der Waals surface area contributed by atoms with E-state index in [-0.39, 0.29) is 0 Å². The summed E-state index contributed by atoms with van der Waals surface area (Å²) in [6.45, 7) is 1.05. The number of nitrogens with one attached hydrogen (secondary N) is 1. The van der Waals surface area contributed by atoms with E-state index in [9.17, 15) is 9.59 Å². The molecule has 3 aromatic rings. The zero-order chi connectivity index (χ0) is 25.2. The lowest BCUT2D eigenvalue weighted by molar-refractivity contribution is -0.134. The quantitative estimate of drug-likeness (QED) is 0.471. The van der Waals surface area contributed by atoms with Crippen molar-refractivity contribution in [3.63, 3.8) is 0 Å². The van der Waals surface area contributed by atoms with Gasteiger partial charge in [0.1, 0.15) is 0 Å². The minimum atomic E-state index is -1.26. The molecule has 0 radical (unpaired) electrons. The van der Waals surface area contributed by atoms with Gasteiger partial charge in [-0.3, -0.25) is 0 Å². The molecule has 6 rings (SSSR count). The average Bonchev–Trinajstić information content (AvgIpc) is 3.53. The van der Waals surface area contributed by atoms with E-state index in [4.69, 9.17) is 10.2 Å². The molecule has 1 saturated heterocycles. The van der Waals surface area contributed by atoms with Gasteiger partial charge in [-0.15, -0.1) is 5.10 Å². The fourth-order valence-electron chi connectivity index (χ4n) is 6.33. The van der Waals surface area contributed by atoms with Gasteiger partial charge in [0.05, 0.1) is 6.04 Å². The molecule has 2 aliphatic carbocycles. The number of piperidine rings is 1. The maximum Gasteiger partial charge on any atom is 0.328 e. The first-order valence-electron chi connectivity index (χ1n) is 12.6. The topological polar surface area (TPSA) is 137 Å². The highest BCUT2D eigenvalue weighted by Gasteiger charge is 2.41. The van der Waals surface area contributed by atoms with Crippen LogP contribution in [0.1, 0.15) is 73.4 Å². The average molecular weight is 493 g/mol. The number of benzene rings is 1. The molecule has 0 spiro atoms. The first kappa shape index (κ1) is 24.2. The number of aromatic amines is 1. The van der Waals surface area contributed by atoms with Gasteiger partial charge < -0.3 is 20.1 Å². The number of rotatable bonds is 4. The summed E-state index contributed by atoms with van der Waals surface area (Å²) in [5.74, 6) is -0.449. The first-order chi connectivity index (χ1) is 17.4. The second-order valence-corrected chi connectivity index (χ2v) is 10.1. The third-order valence-electron chi connectivity index (χ3n) is 7.90. The molecule has 36 heavy (non-hydrogen) atoms. The molecule has 190 valence electrons. The maximum absolute atomic E-state index is 9.55. The van der Waals surface area contributed by atoms with Crippen molar-refractivity contribution in [2.75, 3.05) is 13.6 Å². The number of likely N-dealkylation sites (N-methyl/N-ethyl adjacent to an activating group) is 1. The summed E-state index contributed by atoms with van der Waals surface area (Å²) in [7, 11) is 2.29. The summed E-state index contributed by atoms with van der Waals surface area (Å²) in [5.41, 5.74) is 4.27. The summed E-state index contributed by atoms with van der Waals surface area (Å²) < 4.78 is 2.18. The smallest absolute Gasteiger partial charge is 0.328 e. The van der Waals surface area contributed by atoms with Crippen LogP contribution in [-0.2, 0) is 16.0 Å². The van der Waals surface area contributed by atoms with E-state index in [2.05, 4.69) is 61.5 Å². The molecule has 1 saturated carbocycles. The summed E-state index contributed by atoms with van der Waals surface area (Å²) in [5, 5.41) is 30.2. The summed E-state index contributed by atoms with van der Waals surface area (Å²) in [6.07, 6.45) is 12.0. The Hall–Kier alpha value is -3.53. The molecule has 0 bridgehead atoms. The molecule has 3 heterocycles. The molecule has 2 fully saturated rings. The van der Waals surface area contributed by atoms with Crippen LogP contribution in [0.25, 0.3) is 10.9 Å². The van der Waals surface area contributed by atoms with Crippen molar-refractivity contribution < 1.29 is 19.8 Å². The monoisotopic (exact) mass is 492 g/mol. The van der Waals surface area contributed by atoms with Gasteiger partial charge in [-0.1, -0.05) is 31.4 Å². The number of hydrogen-bond acceptors (Lipinski definition) is 6. The minimum Gasteiger partial charge on any atom is -0.478 e. The normalized spacial score (nSPS) is 24.3. The van der Waals surface area contributed by atoms with E-state index in [1.807, 2.05) is 0 Å². The molecule has 0 unspecified atom stereocenters. The van der Waals surface area contributed by atoms with Crippen LogP contribution in [0.15, 0.2) is 36.5 Å². The van der Waals surface area contributed by atoms with Gasteiger partial charge in [0.15, 0.2) is 5.82 Å². The first-order valence-corrected chi connectivity index (χ1v) is 12.6. The Balaban J connectivity index is 0.000000292. The van der Waals surface area contributed by atoms with Crippen molar-refractivity contribution in [1.29, 1.82) is 0 Å². The van der Waals surface area contributed by atoms with E-state index in [1.54, 1.807) is 0 Å². The van der Waals surface area contributed by atoms with Crippen molar-refractivity contribution in [3.05, 3.63) is 53.5 Å². The highest BCUT2D eigenvalue weighted by Crippen LogP contribution is 2.46. The van der Waals surface area contributed by atoms with Crippen LogP contribution >= 0.6 is 0 Å².